The number of amides is 1. The Kier molecular flexibility index (Phi) is 2.95. The van der Waals surface area contributed by atoms with E-state index in [0.717, 1.165) is 11.2 Å². The molecule has 2 aromatic heterocycles. The molecule has 0 bridgehead atoms. The zero-order valence-electron chi connectivity index (χ0n) is 11.3. The topological polar surface area (TPSA) is 59.3 Å². The van der Waals surface area contributed by atoms with Gasteiger partial charge in [0.05, 0.1) is 11.9 Å². The van der Waals surface area contributed by atoms with Crippen molar-refractivity contribution in [2.24, 2.45) is 0 Å². The van der Waals surface area contributed by atoms with E-state index >= 15 is 0 Å². The number of aromatic nitrogens is 3. The highest BCUT2D eigenvalue weighted by molar-refractivity contribution is 6.04. The van der Waals surface area contributed by atoms with Crippen LogP contribution in [0.2, 0.25) is 0 Å². The number of fused-ring (bicyclic) bond motifs is 1. The minimum Gasteiger partial charge on any atom is -0.321 e. The van der Waals surface area contributed by atoms with Crippen molar-refractivity contribution in [1.29, 1.82) is 0 Å². The molecule has 2 heterocycles. The third kappa shape index (κ3) is 2.38. The lowest BCUT2D eigenvalue weighted by molar-refractivity contribution is 0.102. The molecular weight excluding hydrogens is 252 g/mol. The molecular formula is C15H14N4O. The number of hydrogen-bond donors (Lipinski definition) is 1. The number of aryl methyl sites for hydroxylation is 2. The number of carbonyl (C=O) groups excluding carboxylic acids is 1. The van der Waals surface area contributed by atoms with Crippen LogP contribution in [0, 0.1) is 13.8 Å². The Morgan fingerprint density at radius 3 is 2.85 bits per heavy atom. The molecule has 0 saturated heterocycles. The predicted octanol–water partition coefficient (Wildman–Crippen LogP) is 2.60. The number of nitrogens with zero attached hydrogens (tertiary/aromatic N) is 3. The molecule has 0 atom stereocenters. The van der Waals surface area contributed by atoms with Gasteiger partial charge in [0, 0.05) is 5.56 Å². The molecule has 0 spiro atoms. The Labute approximate surface area is 116 Å². The zero-order chi connectivity index (χ0) is 14.1. The van der Waals surface area contributed by atoms with Gasteiger partial charge in [-0.15, -0.1) is 0 Å². The van der Waals surface area contributed by atoms with Crippen LogP contribution in [0.15, 0.2) is 42.6 Å². The van der Waals surface area contributed by atoms with Crippen LogP contribution in [0.25, 0.3) is 5.65 Å². The Morgan fingerprint density at radius 2 is 2.05 bits per heavy atom. The van der Waals surface area contributed by atoms with Crippen molar-refractivity contribution >= 4 is 17.2 Å². The molecule has 0 unspecified atom stereocenters. The van der Waals surface area contributed by atoms with Gasteiger partial charge in [0.15, 0.2) is 5.65 Å². The largest absolute Gasteiger partial charge is 0.321 e. The van der Waals surface area contributed by atoms with Crippen LogP contribution in [0.3, 0.4) is 0 Å². The van der Waals surface area contributed by atoms with Gasteiger partial charge in [0.2, 0.25) is 0 Å². The zero-order valence-corrected chi connectivity index (χ0v) is 11.3. The van der Waals surface area contributed by atoms with E-state index in [1.807, 2.05) is 44.2 Å². The third-order valence-corrected chi connectivity index (χ3v) is 2.97. The fourth-order valence-corrected chi connectivity index (χ4v) is 2.06. The molecule has 5 nitrogen and oxygen atoms in total. The highest BCUT2D eigenvalue weighted by Crippen LogP contribution is 2.12. The van der Waals surface area contributed by atoms with Crippen molar-refractivity contribution in [3.63, 3.8) is 0 Å². The maximum atomic E-state index is 12.2. The lowest BCUT2D eigenvalue weighted by Gasteiger charge is -2.06. The quantitative estimate of drug-likeness (QED) is 0.775. The number of rotatable bonds is 2. The summed E-state index contributed by atoms with van der Waals surface area (Å²) in [5.41, 5.74) is 3.14. The third-order valence-electron chi connectivity index (χ3n) is 2.97. The molecule has 0 saturated carbocycles. The average molecular weight is 266 g/mol. The van der Waals surface area contributed by atoms with E-state index in [-0.39, 0.29) is 5.91 Å². The molecule has 100 valence electrons. The van der Waals surface area contributed by atoms with Gasteiger partial charge in [-0.2, -0.15) is 5.10 Å². The normalized spacial score (nSPS) is 10.7. The van der Waals surface area contributed by atoms with Crippen molar-refractivity contribution in [1.82, 2.24) is 14.6 Å². The second-order valence-corrected chi connectivity index (χ2v) is 4.70. The molecule has 3 aromatic rings. The summed E-state index contributed by atoms with van der Waals surface area (Å²) < 4.78 is 1.65. The number of hydrogen-bond acceptors (Lipinski definition) is 3. The van der Waals surface area contributed by atoms with Crippen LogP contribution in [0.4, 0.5) is 5.69 Å². The number of anilines is 1. The first-order valence-corrected chi connectivity index (χ1v) is 6.33. The first kappa shape index (κ1) is 12.3. The van der Waals surface area contributed by atoms with Crippen LogP contribution in [0.1, 0.15) is 21.7 Å². The standard InChI is InChI=1S/C15H14N4O/c1-10-4-3-5-12(8-10)15(20)17-13-6-7-14-16-11(2)18-19(14)9-13/h3-9H,1-2H3,(H,17,20). The van der Waals surface area contributed by atoms with Gasteiger partial charge in [-0.1, -0.05) is 17.7 Å². The molecule has 0 aliphatic rings. The van der Waals surface area contributed by atoms with E-state index in [1.165, 1.54) is 0 Å². The summed E-state index contributed by atoms with van der Waals surface area (Å²) in [6.07, 6.45) is 1.75. The summed E-state index contributed by atoms with van der Waals surface area (Å²) in [5.74, 6) is 0.567. The summed E-state index contributed by atoms with van der Waals surface area (Å²) in [6, 6.07) is 11.1. The Balaban J connectivity index is 1.87. The number of carbonyl (C=O) groups is 1. The van der Waals surface area contributed by atoms with E-state index in [1.54, 1.807) is 16.8 Å². The van der Waals surface area contributed by atoms with Crippen LogP contribution in [-0.2, 0) is 0 Å². The number of benzene rings is 1. The molecule has 0 aliphatic heterocycles. The minimum atomic E-state index is -0.134. The Morgan fingerprint density at radius 1 is 1.20 bits per heavy atom. The smallest absolute Gasteiger partial charge is 0.255 e. The van der Waals surface area contributed by atoms with Gasteiger partial charge >= 0.3 is 0 Å². The summed E-state index contributed by atoms with van der Waals surface area (Å²) in [7, 11) is 0. The van der Waals surface area contributed by atoms with Gasteiger partial charge in [0.1, 0.15) is 5.82 Å². The monoisotopic (exact) mass is 266 g/mol. The molecule has 1 amide bonds. The predicted molar refractivity (Wildman–Crippen MR) is 76.9 cm³/mol. The molecule has 1 aromatic carbocycles. The maximum absolute atomic E-state index is 12.2. The number of pyridine rings is 1. The molecule has 1 N–H and O–H groups in total. The second kappa shape index (κ2) is 4.77. The van der Waals surface area contributed by atoms with Crippen LogP contribution in [-0.4, -0.2) is 20.5 Å². The van der Waals surface area contributed by atoms with Gasteiger partial charge < -0.3 is 5.32 Å². The van der Waals surface area contributed by atoms with E-state index in [4.69, 9.17) is 0 Å². The fourth-order valence-electron chi connectivity index (χ4n) is 2.06. The minimum absolute atomic E-state index is 0.134. The lowest BCUT2D eigenvalue weighted by Crippen LogP contribution is -2.12. The van der Waals surface area contributed by atoms with E-state index in [9.17, 15) is 4.79 Å². The molecule has 0 fully saturated rings. The summed E-state index contributed by atoms with van der Waals surface area (Å²) in [6.45, 7) is 3.79. The molecule has 20 heavy (non-hydrogen) atoms. The molecule has 5 heteroatoms. The van der Waals surface area contributed by atoms with E-state index in [2.05, 4.69) is 15.4 Å². The van der Waals surface area contributed by atoms with E-state index < -0.39 is 0 Å². The first-order valence-electron chi connectivity index (χ1n) is 6.33. The van der Waals surface area contributed by atoms with Gasteiger partial charge in [-0.3, -0.25) is 4.79 Å². The van der Waals surface area contributed by atoms with Crippen LogP contribution >= 0.6 is 0 Å². The summed E-state index contributed by atoms with van der Waals surface area (Å²) in [4.78, 5) is 16.4. The van der Waals surface area contributed by atoms with Crippen molar-refractivity contribution in [3.8, 4) is 0 Å². The number of nitrogens with one attached hydrogen (secondary N) is 1. The van der Waals surface area contributed by atoms with Crippen LogP contribution < -0.4 is 5.32 Å². The molecule has 0 aliphatic carbocycles. The molecule has 3 rings (SSSR count). The Bertz CT molecular complexity index is 791. The van der Waals surface area contributed by atoms with Crippen LogP contribution in [0.5, 0.6) is 0 Å². The average Bonchev–Trinajstić information content (AvgIpc) is 2.78. The van der Waals surface area contributed by atoms with Gasteiger partial charge in [-0.25, -0.2) is 9.50 Å². The highest BCUT2D eigenvalue weighted by Gasteiger charge is 2.07. The van der Waals surface area contributed by atoms with Crippen molar-refractivity contribution in [2.45, 2.75) is 13.8 Å². The van der Waals surface area contributed by atoms with Crippen molar-refractivity contribution in [3.05, 3.63) is 59.5 Å². The second-order valence-electron chi connectivity index (χ2n) is 4.70. The van der Waals surface area contributed by atoms with Gasteiger partial charge in [0.25, 0.3) is 5.91 Å². The summed E-state index contributed by atoms with van der Waals surface area (Å²) in [5, 5.41) is 7.08. The summed E-state index contributed by atoms with van der Waals surface area (Å²) >= 11 is 0. The highest BCUT2D eigenvalue weighted by atomic mass is 16.1. The SMILES string of the molecule is Cc1cccc(C(=O)Nc2ccc3nc(C)nn3c2)c1. The van der Waals surface area contributed by atoms with Gasteiger partial charge in [-0.05, 0) is 38.1 Å². The van der Waals surface area contributed by atoms with Crippen molar-refractivity contribution in [2.75, 3.05) is 5.32 Å². The first-order chi connectivity index (χ1) is 9.61. The maximum Gasteiger partial charge on any atom is 0.255 e. The fraction of sp³-hybridized carbons (Fsp3) is 0.133. The lowest BCUT2D eigenvalue weighted by atomic mass is 10.1. The van der Waals surface area contributed by atoms with Crippen molar-refractivity contribution < 1.29 is 4.79 Å². The Hall–Kier alpha value is -2.69. The van der Waals surface area contributed by atoms with E-state index in [0.29, 0.717) is 17.1 Å². The molecule has 0 radical (unpaired) electrons.